The molecule has 1 heterocycles. The maximum atomic E-state index is 5.70. The number of hydrogen-bond donors (Lipinski definition) is 2. The molecule has 0 saturated carbocycles. The van der Waals surface area contributed by atoms with E-state index in [0.29, 0.717) is 0 Å². The summed E-state index contributed by atoms with van der Waals surface area (Å²) < 4.78 is 5.14. The van der Waals surface area contributed by atoms with Crippen molar-refractivity contribution < 1.29 is 4.42 Å². The van der Waals surface area contributed by atoms with Crippen LogP contribution in [0.1, 0.15) is 17.2 Å². The van der Waals surface area contributed by atoms with Crippen LogP contribution in [0.15, 0.2) is 65.5 Å². The van der Waals surface area contributed by atoms with Crippen molar-refractivity contribution in [3.05, 3.63) is 72.2 Å². The molecule has 3 N–H and O–H groups in total. The summed E-state index contributed by atoms with van der Waals surface area (Å²) in [7, 11) is 0. The molecule has 18 heavy (non-hydrogen) atoms. The van der Waals surface area contributed by atoms with E-state index in [-0.39, 0.29) is 6.04 Å². The van der Waals surface area contributed by atoms with Gasteiger partial charge in [-0.15, -0.1) is 0 Å². The van der Waals surface area contributed by atoms with Gasteiger partial charge in [0.05, 0.1) is 18.6 Å². The third-order valence-corrected chi connectivity index (χ3v) is 3.18. The van der Waals surface area contributed by atoms with Crippen molar-refractivity contribution >= 4 is 10.8 Å². The summed E-state index contributed by atoms with van der Waals surface area (Å²) in [5.41, 5.74) is 5.02. The highest BCUT2D eigenvalue weighted by Crippen LogP contribution is 2.28. The Bertz CT molecular complexity index is 641. The molecule has 0 bridgehead atoms. The zero-order chi connectivity index (χ0) is 12.4. The first kappa shape index (κ1) is 11.0. The first-order chi connectivity index (χ1) is 8.90. The molecule has 90 valence electrons. The van der Waals surface area contributed by atoms with Crippen LogP contribution < -0.4 is 11.3 Å². The standard InChI is InChI=1S/C15H14N2O/c16-17-15(12-8-9-18-10-12)14-7-3-5-11-4-1-2-6-13(11)14/h1-10,15,17H,16H2. The Morgan fingerprint density at radius 2 is 1.83 bits per heavy atom. The summed E-state index contributed by atoms with van der Waals surface area (Å²) >= 11 is 0. The zero-order valence-electron chi connectivity index (χ0n) is 9.84. The third kappa shape index (κ3) is 1.79. The van der Waals surface area contributed by atoms with Gasteiger partial charge in [-0.25, -0.2) is 5.43 Å². The molecule has 0 saturated heterocycles. The second-order valence-electron chi connectivity index (χ2n) is 4.22. The number of hydrazine groups is 1. The van der Waals surface area contributed by atoms with E-state index < -0.39 is 0 Å². The van der Waals surface area contributed by atoms with Crippen LogP contribution in [-0.2, 0) is 0 Å². The Morgan fingerprint density at radius 3 is 2.61 bits per heavy atom. The van der Waals surface area contributed by atoms with Crippen LogP contribution in [0.25, 0.3) is 10.8 Å². The molecule has 0 spiro atoms. The maximum Gasteiger partial charge on any atom is 0.0954 e. The molecule has 2 aromatic carbocycles. The van der Waals surface area contributed by atoms with Gasteiger partial charge < -0.3 is 4.42 Å². The van der Waals surface area contributed by atoms with Gasteiger partial charge in [-0.05, 0) is 22.4 Å². The average molecular weight is 238 g/mol. The van der Waals surface area contributed by atoms with Gasteiger partial charge in [0, 0.05) is 5.56 Å². The quantitative estimate of drug-likeness (QED) is 0.545. The molecule has 0 radical (unpaired) electrons. The summed E-state index contributed by atoms with van der Waals surface area (Å²) in [5.74, 6) is 5.70. The third-order valence-electron chi connectivity index (χ3n) is 3.18. The molecular weight excluding hydrogens is 224 g/mol. The van der Waals surface area contributed by atoms with Gasteiger partial charge in [0.1, 0.15) is 0 Å². The molecule has 0 fully saturated rings. The highest BCUT2D eigenvalue weighted by molar-refractivity contribution is 5.86. The molecule has 0 aliphatic rings. The summed E-state index contributed by atoms with van der Waals surface area (Å²) in [6, 6.07) is 16.4. The number of nitrogens with one attached hydrogen (secondary N) is 1. The summed E-state index contributed by atoms with van der Waals surface area (Å²) in [6.07, 6.45) is 3.37. The largest absolute Gasteiger partial charge is 0.472 e. The van der Waals surface area contributed by atoms with Crippen LogP contribution in [0.5, 0.6) is 0 Å². The maximum absolute atomic E-state index is 5.70. The number of furan rings is 1. The second-order valence-corrected chi connectivity index (χ2v) is 4.22. The van der Waals surface area contributed by atoms with E-state index in [2.05, 4.69) is 29.7 Å². The minimum absolute atomic E-state index is 0.0603. The lowest BCUT2D eigenvalue weighted by Gasteiger charge is -2.16. The van der Waals surface area contributed by atoms with Crippen molar-refractivity contribution in [2.45, 2.75) is 6.04 Å². The molecule has 3 rings (SSSR count). The van der Waals surface area contributed by atoms with Crippen molar-refractivity contribution in [3.8, 4) is 0 Å². The minimum atomic E-state index is -0.0603. The molecule has 0 aliphatic heterocycles. The van der Waals surface area contributed by atoms with E-state index in [9.17, 15) is 0 Å². The SMILES string of the molecule is NNC(c1ccoc1)c1cccc2ccccc12. The lowest BCUT2D eigenvalue weighted by atomic mass is 9.96. The molecule has 3 aromatic rings. The summed E-state index contributed by atoms with van der Waals surface area (Å²) in [6.45, 7) is 0. The van der Waals surface area contributed by atoms with Crippen LogP contribution >= 0.6 is 0 Å². The Morgan fingerprint density at radius 1 is 1.00 bits per heavy atom. The Hall–Kier alpha value is -2.10. The lowest BCUT2D eigenvalue weighted by molar-refractivity contribution is 0.554. The number of nitrogens with two attached hydrogens (primary N) is 1. The van der Waals surface area contributed by atoms with Crippen LogP contribution in [0.2, 0.25) is 0 Å². The summed E-state index contributed by atoms with van der Waals surface area (Å²) in [4.78, 5) is 0. The van der Waals surface area contributed by atoms with Gasteiger partial charge in [0.15, 0.2) is 0 Å². The van der Waals surface area contributed by atoms with E-state index in [1.54, 1.807) is 12.5 Å². The van der Waals surface area contributed by atoms with Gasteiger partial charge in [0.25, 0.3) is 0 Å². The molecule has 1 unspecified atom stereocenters. The van der Waals surface area contributed by atoms with Crippen LogP contribution in [0, 0.1) is 0 Å². The molecule has 3 heteroatoms. The molecule has 3 nitrogen and oxygen atoms in total. The van der Waals surface area contributed by atoms with E-state index in [1.807, 2.05) is 24.3 Å². The van der Waals surface area contributed by atoms with E-state index in [4.69, 9.17) is 10.3 Å². The Balaban J connectivity index is 2.18. The molecule has 0 aliphatic carbocycles. The van der Waals surface area contributed by atoms with Crippen molar-refractivity contribution in [1.29, 1.82) is 0 Å². The van der Waals surface area contributed by atoms with E-state index in [0.717, 1.165) is 11.1 Å². The van der Waals surface area contributed by atoms with Gasteiger partial charge in [-0.3, -0.25) is 5.84 Å². The minimum Gasteiger partial charge on any atom is -0.472 e. The topological polar surface area (TPSA) is 51.2 Å². The van der Waals surface area contributed by atoms with E-state index in [1.165, 1.54) is 10.8 Å². The fraction of sp³-hybridized carbons (Fsp3) is 0.0667. The van der Waals surface area contributed by atoms with Crippen molar-refractivity contribution in [2.75, 3.05) is 0 Å². The first-order valence-corrected chi connectivity index (χ1v) is 5.86. The molecule has 1 aromatic heterocycles. The second kappa shape index (κ2) is 4.64. The smallest absolute Gasteiger partial charge is 0.0954 e. The first-order valence-electron chi connectivity index (χ1n) is 5.86. The lowest BCUT2D eigenvalue weighted by Crippen LogP contribution is -2.28. The molecule has 0 amide bonds. The fourth-order valence-electron chi connectivity index (χ4n) is 2.31. The average Bonchev–Trinajstić information content (AvgIpc) is 2.94. The van der Waals surface area contributed by atoms with Gasteiger partial charge >= 0.3 is 0 Å². The van der Waals surface area contributed by atoms with Gasteiger partial charge in [-0.1, -0.05) is 42.5 Å². The van der Waals surface area contributed by atoms with Crippen LogP contribution in [-0.4, -0.2) is 0 Å². The van der Waals surface area contributed by atoms with Crippen molar-refractivity contribution in [1.82, 2.24) is 5.43 Å². The number of rotatable bonds is 3. The van der Waals surface area contributed by atoms with Crippen LogP contribution in [0.3, 0.4) is 0 Å². The predicted molar refractivity (Wildman–Crippen MR) is 71.8 cm³/mol. The monoisotopic (exact) mass is 238 g/mol. The Labute approximate surface area is 105 Å². The van der Waals surface area contributed by atoms with Crippen LogP contribution in [0.4, 0.5) is 0 Å². The Kier molecular flexibility index (Phi) is 2.84. The van der Waals surface area contributed by atoms with Crippen molar-refractivity contribution in [2.24, 2.45) is 5.84 Å². The number of fused-ring (bicyclic) bond motifs is 1. The summed E-state index contributed by atoms with van der Waals surface area (Å²) in [5, 5.41) is 2.41. The number of benzene rings is 2. The predicted octanol–water partition coefficient (Wildman–Crippen LogP) is 2.99. The van der Waals surface area contributed by atoms with Gasteiger partial charge in [0.2, 0.25) is 0 Å². The van der Waals surface area contributed by atoms with Gasteiger partial charge in [-0.2, -0.15) is 0 Å². The zero-order valence-corrected chi connectivity index (χ0v) is 9.84. The van der Waals surface area contributed by atoms with E-state index >= 15 is 0 Å². The molecule has 1 atom stereocenters. The fourth-order valence-corrected chi connectivity index (χ4v) is 2.31. The number of hydrogen-bond acceptors (Lipinski definition) is 3. The highest BCUT2D eigenvalue weighted by atomic mass is 16.3. The molecular formula is C15H14N2O. The normalized spacial score (nSPS) is 12.7. The highest BCUT2D eigenvalue weighted by Gasteiger charge is 2.15. The van der Waals surface area contributed by atoms with Crippen molar-refractivity contribution in [3.63, 3.8) is 0 Å².